The quantitative estimate of drug-likeness (QED) is 0.0169. The van der Waals surface area contributed by atoms with Crippen molar-refractivity contribution in [3.8, 4) is 0 Å². The Kier molecular flexibility index (Phi) is 67.2. The van der Waals surface area contributed by atoms with Crippen LogP contribution in [0.4, 0.5) is 0 Å². The molecule has 0 saturated heterocycles. The Morgan fingerprint density at radius 3 is 0.809 bits per heavy atom. The van der Waals surface area contributed by atoms with E-state index < -0.39 is 97.5 Å². The van der Waals surface area contributed by atoms with Crippen molar-refractivity contribution >= 4 is 39.5 Å². The maximum Gasteiger partial charge on any atom is 0.472 e. The Morgan fingerprint density at radius 1 is 0.298 bits per heavy atom. The summed E-state index contributed by atoms with van der Waals surface area (Å²) in [7, 11) is -9.92. The average Bonchev–Trinajstić information content (AvgIpc) is 1.55. The van der Waals surface area contributed by atoms with Crippen LogP contribution in [0.5, 0.6) is 0 Å². The Balaban J connectivity index is 5.26. The van der Waals surface area contributed by atoms with Crippen LogP contribution in [-0.4, -0.2) is 96.7 Å². The molecule has 94 heavy (non-hydrogen) atoms. The molecule has 5 atom stereocenters. The fraction of sp³-hybridized carbons (Fsp3) is 0.893. The van der Waals surface area contributed by atoms with Gasteiger partial charge in [0.1, 0.15) is 19.3 Å². The Bertz CT molecular complexity index is 1880. The predicted molar refractivity (Wildman–Crippen MR) is 381 cm³/mol. The lowest BCUT2D eigenvalue weighted by Gasteiger charge is -2.21. The molecule has 0 rings (SSSR count). The number of carbonyl (C=O) groups excluding carboxylic acids is 4. The molecule has 0 aromatic carbocycles. The Hall–Kier alpha value is -2.46. The number of aliphatic hydroxyl groups is 1. The molecule has 3 N–H and O–H groups in total. The zero-order valence-electron chi connectivity index (χ0n) is 60.4. The fourth-order valence-electron chi connectivity index (χ4n) is 11.0. The standard InChI is InChI=1S/C75H142O17P2/c1-5-9-13-17-21-25-29-32-34-37-40-43-47-51-55-59-72(77)85-65-70(91-74(79)61-57-53-49-45-39-28-24-20-16-12-8-4)67-89-93(81,82)87-63-69(76)64-88-94(83,84)90-68-71(92-75(80)62-58-54-50-46-42-36-31-27-23-19-15-11-7-3)66-86-73(78)60-56-52-48-44-41-38-35-33-30-26-22-18-14-10-6-2/h22,26,33,35,69-71,76H,5-21,23-25,27-32,34,36-68H2,1-4H3,(H,81,82)(H,83,84)/b26-22-,35-33-. The van der Waals surface area contributed by atoms with Gasteiger partial charge in [0.05, 0.1) is 26.4 Å². The maximum absolute atomic E-state index is 13.1. The number of hydrogen-bond donors (Lipinski definition) is 3. The number of allylic oxidation sites excluding steroid dienone is 4. The van der Waals surface area contributed by atoms with E-state index in [1.54, 1.807) is 0 Å². The van der Waals surface area contributed by atoms with Crippen LogP contribution in [-0.2, 0) is 65.4 Å². The molecule has 0 aromatic heterocycles. The number of hydrogen-bond acceptors (Lipinski definition) is 15. The minimum atomic E-state index is -4.96. The smallest absolute Gasteiger partial charge is 0.462 e. The fourth-order valence-corrected chi connectivity index (χ4v) is 12.6. The molecule has 19 heteroatoms. The molecule has 0 aliphatic carbocycles. The summed E-state index contributed by atoms with van der Waals surface area (Å²) in [6.07, 6.45) is 61.6. The molecule has 0 radical (unpaired) electrons. The van der Waals surface area contributed by atoms with Crippen LogP contribution >= 0.6 is 15.6 Å². The molecule has 554 valence electrons. The summed E-state index contributed by atoms with van der Waals surface area (Å²) in [5, 5.41) is 10.6. The first-order valence-corrected chi connectivity index (χ1v) is 41.6. The minimum Gasteiger partial charge on any atom is -0.462 e. The minimum absolute atomic E-state index is 0.102. The second kappa shape index (κ2) is 69.0. The van der Waals surface area contributed by atoms with Crippen molar-refractivity contribution in [2.75, 3.05) is 39.6 Å². The summed E-state index contributed by atoms with van der Waals surface area (Å²) in [6.45, 7) is 4.91. The highest BCUT2D eigenvalue weighted by Gasteiger charge is 2.30. The first-order chi connectivity index (χ1) is 45.7. The van der Waals surface area contributed by atoms with Gasteiger partial charge in [0, 0.05) is 25.7 Å². The number of unbranched alkanes of at least 4 members (excludes halogenated alkanes) is 44. The SMILES string of the molecule is CCCCC/C=C\C/C=C\CCCCCCCC(=O)OCC(COP(=O)(O)OCC(O)COP(=O)(O)OCC(COC(=O)CCCCCCCCCCCCCCCCC)OC(=O)CCCCCCCCCCCCC)OC(=O)CCCCCCCCCCCCCCC. The van der Waals surface area contributed by atoms with E-state index in [0.29, 0.717) is 25.7 Å². The maximum atomic E-state index is 13.1. The van der Waals surface area contributed by atoms with Gasteiger partial charge in [-0.05, 0) is 57.8 Å². The highest BCUT2D eigenvalue weighted by atomic mass is 31.2. The highest BCUT2D eigenvalue weighted by Crippen LogP contribution is 2.45. The number of rotatable bonds is 74. The lowest BCUT2D eigenvalue weighted by Crippen LogP contribution is -2.30. The third-order valence-electron chi connectivity index (χ3n) is 16.9. The van der Waals surface area contributed by atoms with E-state index in [2.05, 4.69) is 52.0 Å². The molecular formula is C75H142O17P2. The molecule has 0 bridgehead atoms. The van der Waals surface area contributed by atoms with Gasteiger partial charge in [0.25, 0.3) is 0 Å². The lowest BCUT2D eigenvalue weighted by atomic mass is 10.0. The number of aliphatic hydroxyl groups excluding tert-OH is 1. The van der Waals surface area contributed by atoms with Gasteiger partial charge in [0.2, 0.25) is 0 Å². The van der Waals surface area contributed by atoms with Crippen molar-refractivity contribution in [2.45, 2.75) is 393 Å². The molecule has 0 aliphatic heterocycles. The number of phosphoric ester groups is 2. The van der Waals surface area contributed by atoms with E-state index in [4.69, 9.17) is 37.0 Å². The van der Waals surface area contributed by atoms with E-state index >= 15 is 0 Å². The van der Waals surface area contributed by atoms with Crippen molar-refractivity contribution in [2.24, 2.45) is 0 Å². The second-order valence-corrected chi connectivity index (χ2v) is 29.2. The number of ether oxygens (including phenoxy) is 4. The zero-order chi connectivity index (χ0) is 69.0. The lowest BCUT2D eigenvalue weighted by molar-refractivity contribution is -0.161. The summed E-state index contributed by atoms with van der Waals surface area (Å²) in [5.41, 5.74) is 0. The van der Waals surface area contributed by atoms with E-state index in [1.807, 2.05) is 0 Å². The first kappa shape index (κ1) is 91.5. The summed E-state index contributed by atoms with van der Waals surface area (Å²) < 4.78 is 68.4. The zero-order valence-corrected chi connectivity index (χ0v) is 62.2. The normalized spacial score (nSPS) is 14.1. The topological polar surface area (TPSA) is 237 Å². The van der Waals surface area contributed by atoms with Gasteiger partial charge in [0.15, 0.2) is 12.2 Å². The average molecular weight is 1380 g/mol. The molecule has 0 aliphatic rings. The molecule has 0 saturated carbocycles. The first-order valence-electron chi connectivity index (χ1n) is 38.6. The van der Waals surface area contributed by atoms with Crippen molar-refractivity contribution in [3.05, 3.63) is 24.3 Å². The van der Waals surface area contributed by atoms with Crippen molar-refractivity contribution in [1.29, 1.82) is 0 Å². The summed E-state index contributed by atoms with van der Waals surface area (Å²) in [6, 6.07) is 0. The Labute approximate surface area is 573 Å². The number of esters is 4. The van der Waals surface area contributed by atoms with Crippen LogP contribution in [0.1, 0.15) is 374 Å². The van der Waals surface area contributed by atoms with E-state index in [9.17, 15) is 43.2 Å². The summed E-state index contributed by atoms with van der Waals surface area (Å²) in [4.78, 5) is 72.7. The van der Waals surface area contributed by atoms with Crippen LogP contribution in [0.15, 0.2) is 24.3 Å². The van der Waals surface area contributed by atoms with Gasteiger partial charge in [-0.2, -0.15) is 0 Å². The van der Waals surface area contributed by atoms with Gasteiger partial charge in [-0.15, -0.1) is 0 Å². The molecule has 5 unspecified atom stereocenters. The van der Waals surface area contributed by atoms with Gasteiger partial charge in [-0.1, -0.05) is 315 Å². The number of carbonyl (C=O) groups is 4. The van der Waals surface area contributed by atoms with Gasteiger partial charge < -0.3 is 33.8 Å². The highest BCUT2D eigenvalue weighted by molar-refractivity contribution is 7.47. The second-order valence-electron chi connectivity index (χ2n) is 26.3. The predicted octanol–water partition coefficient (Wildman–Crippen LogP) is 21.8. The van der Waals surface area contributed by atoms with Gasteiger partial charge >= 0.3 is 39.5 Å². The van der Waals surface area contributed by atoms with Gasteiger partial charge in [-0.3, -0.25) is 37.3 Å². The molecule has 0 aromatic rings. The van der Waals surface area contributed by atoms with Crippen molar-refractivity contribution in [1.82, 2.24) is 0 Å². The molecule has 0 heterocycles. The van der Waals surface area contributed by atoms with Crippen molar-refractivity contribution < 1.29 is 80.2 Å². The van der Waals surface area contributed by atoms with Crippen LogP contribution in [0.25, 0.3) is 0 Å². The van der Waals surface area contributed by atoms with Crippen LogP contribution in [0, 0.1) is 0 Å². The molecular weight excluding hydrogens is 1230 g/mol. The molecule has 0 fully saturated rings. The van der Waals surface area contributed by atoms with E-state index in [1.165, 1.54) is 180 Å². The third kappa shape index (κ3) is 68.1. The third-order valence-corrected chi connectivity index (χ3v) is 18.9. The van der Waals surface area contributed by atoms with Crippen molar-refractivity contribution in [3.63, 3.8) is 0 Å². The van der Waals surface area contributed by atoms with Gasteiger partial charge in [-0.25, -0.2) is 9.13 Å². The van der Waals surface area contributed by atoms with E-state index in [0.717, 1.165) is 116 Å². The molecule has 17 nitrogen and oxygen atoms in total. The van der Waals surface area contributed by atoms with Crippen LogP contribution in [0.3, 0.4) is 0 Å². The van der Waals surface area contributed by atoms with E-state index in [-0.39, 0.29) is 25.7 Å². The molecule has 0 amide bonds. The van der Waals surface area contributed by atoms with Crippen LogP contribution in [0.2, 0.25) is 0 Å². The number of phosphoric acid groups is 2. The Morgan fingerprint density at radius 2 is 0.521 bits per heavy atom. The van der Waals surface area contributed by atoms with Crippen LogP contribution < -0.4 is 0 Å². The molecule has 0 spiro atoms. The largest absolute Gasteiger partial charge is 0.472 e. The summed E-state index contributed by atoms with van der Waals surface area (Å²) in [5.74, 6) is -2.14. The monoisotopic (exact) mass is 1380 g/mol. The summed E-state index contributed by atoms with van der Waals surface area (Å²) >= 11 is 0.